The SMILES string of the molecule is CCC1CCC(/C=C/c2ccc(C(=O)Oc3cc(F)c(C#N)c(F)c3)c(F)c2)CC1. The predicted molar refractivity (Wildman–Crippen MR) is 107 cm³/mol. The molecule has 3 rings (SSSR count). The Hall–Kier alpha value is -3.07. The summed E-state index contributed by atoms with van der Waals surface area (Å²) >= 11 is 0. The lowest BCUT2D eigenvalue weighted by molar-refractivity contribution is 0.0729. The van der Waals surface area contributed by atoms with Crippen LogP contribution in [0.5, 0.6) is 5.75 Å². The van der Waals surface area contributed by atoms with Crippen molar-refractivity contribution in [1.29, 1.82) is 5.26 Å². The Bertz CT molecular complexity index is 979. The monoisotopic (exact) mass is 413 g/mol. The molecule has 0 heterocycles. The van der Waals surface area contributed by atoms with Crippen molar-refractivity contribution in [3.05, 3.63) is 70.5 Å². The van der Waals surface area contributed by atoms with Gasteiger partial charge in [0.2, 0.25) is 0 Å². The van der Waals surface area contributed by atoms with Crippen molar-refractivity contribution in [1.82, 2.24) is 0 Å². The van der Waals surface area contributed by atoms with E-state index in [1.807, 2.05) is 6.08 Å². The molecule has 2 aromatic carbocycles. The van der Waals surface area contributed by atoms with Crippen molar-refractivity contribution in [3.8, 4) is 11.8 Å². The van der Waals surface area contributed by atoms with Gasteiger partial charge in [0, 0.05) is 12.1 Å². The first-order valence-corrected chi connectivity index (χ1v) is 10.00. The predicted octanol–water partition coefficient (Wildman–Crippen LogP) is 6.42. The number of esters is 1. The van der Waals surface area contributed by atoms with Gasteiger partial charge in [-0.3, -0.25) is 0 Å². The normalized spacial score (nSPS) is 18.9. The number of benzene rings is 2. The summed E-state index contributed by atoms with van der Waals surface area (Å²) in [6.45, 7) is 2.21. The minimum absolute atomic E-state index is 0.346. The molecule has 1 fully saturated rings. The number of nitrogens with zero attached hydrogens (tertiary/aromatic N) is 1. The Morgan fingerprint density at radius 3 is 2.33 bits per heavy atom. The molecule has 0 spiro atoms. The fourth-order valence-corrected chi connectivity index (χ4v) is 3.71. The molecule has 156 valence electrons. The van der Waals surface area contributed by atoms with E-state index in [9.17, 15) is 18.0 Å². The number of carbonyl (C=O) groups is 1. The van der Waals surface area contributed by atoms with Gasteiger partial charge in [0.05, 0.1) is 5.56 Å². The molecule has 30 heavy (non-hydrogen) atoms. The highest BCUT2D eigenvalue weighted by atomic mass is 19.1. The average Bonchev–Trinajstić information content (AvgIpc) is 2.72. The maximum absolute atomic E-state index is 14.4. The van der Waals surface area contributed by atoms with Crippen molar-refractivity contribution in [3.63, 3.8) is 0 Å². The minimum atomic E-state index is -1.16. The van der Waals surface area contributed by atoms with Crippen LogP contribution in [0, 0.1) is 40.6 Å². The smallest absolute Gasteiger partial charge is 0.346 e. The zero-order chi connectivity index (χ0) is 21.7. The minimum Gasteiger partial charge on any atom is -0.423 e. The Kier molecular flexibility index (Phi) is 6.94. The van der Waals surface area contributed by atoms with E-state index in [-0.39, 0.29) is 5.56 Å². The molecule has 1 saturated carbocycles. The van der Waals surface area contributed by atoms with Gasteiger partial charge in [-0.2, -0.15) is 5.26 Å². The van der Waals surface area contributed by atoms with Crippen molar-refractivity contribution in [2.24, 2.45) is 11.8 Å². The van der Waals surface area contributed by atoms with Crippen LogP contribution in [0.1, 0.15) is 60.5 Å². The number of allylic oxidation sites excluding steroid dienone is 1. The Labute approximate surface area is 173 Å². The van der Waals surface area contributed by atoms with E-state index >= 15 is 0 Å². The van der Waals surface area contributed by atoms with Crippen LogP contribution in [-0.2, 0) is 0 Å². The summed E-state index contributed by atoms with van der Waals surface area (Å²) in [6, 6.07) is 6.89. The van der Waals surface area contributed by atoms with Crippen LogP contribution in [-0.4, -0.2) is 5.97 Å². The van der Waals surface area contributed by atoms with Crippen LogP contribution < -0.4 is 4.74 Å². The number of carbonyl (C=O) groups excluding carboxylic acids is 1. The molecule has 0 aromatic heterocycles. The molecular weight excluding hydrogens is 391 g/mol. The van der Waals surface area contributed by atoms with Crippen LogP contribution in [0.2, 0.25) is 0 Å². The van der Waals surface area contributed by atoms with Gasteiger partial charge in [0.1, 0.15) is 34.8 Å². The van der Waals surface area contributed by atoms with Gasteiger partial charge in [-0.05, 0) is 55.2 Å². The molecule has 0 aliphatic heterocycles. The highest BCUT2D eigenvalue weighted by Gasteiger charge is 2.19. The molecular formula is C24H22F3NO2. The molecule has 3 nitrogen and oxygen atoms in total. The van der Waals surface area contributed by atoms with Gasteiger partial charge in [-0.1, -0.05) is 31.6 Å². The quantitative estimate of drug-likeness (QED) is 0.420. The van der Waals surface area contributed by atoms with Crippen LogP contribution in [0.15, 0.2) is 36.4 Å². The number of hydrogen-bond acceptors (Lipinski definition) is 3. The molecule has 0 atom stereocenters. The van der Waals surface area contributed by atoms with Crippen LogP contribution >= 0.6 is 0 Å². The van der Waals surface area contributed by atoms with E-state index in [0.29, 0.717) is 23.6 Å². The Morgan fingerprint density at radius 2 is 1.77 bits per heavy atom. The number of ether oxygens (including phenoxy) is 1. The van der Waals surface area contributed by atoms with E-state index < -0.39 is 34.7 Å². The van der Waals surface area contributed by atoms with E-state index in [4.69, 9.17) is 10.00 Å². The van der Waals surface area contributed by atoms with E-state index in [1.54, 1.807) is 6.07 Å². The van der Waals surface area contributed by atoms with Crippen molar-refractivity contribution in [2.45, 2.75) is 39.0 Å². The fraction of sp³-hybridized carbons (Fsp3) is 0.333. The third-order valence-corrected chi connectivity index (χ3v) is 5.58. The highest BCUT2D eigenvalue weighted by Crippen LogP contribution is 2.31. The van der Waals surface area contributed by atoms with E-state index in [2.05, 4.69) is 13.0 Å². The van der Waals surface area contributed by atoms with Gasteiger partial charge in [-0.25, -0.2) is 18.0 Å². The molecule has 0 N–H and O–H groups in total. The van der Waals surface area contributed by atoms with Crippen molar-refractivity contribution < 1.29 is 22.7 Å². The first-order valence-electron chi connectivity index (χ1n) is 10.00. The summed E-state index contributed by atoms with van der Waals surface area (Å²) < 4.78 is 46.6. The maximum atomic E-state index is 14.4. The summed E-state index contributed by atoms with van der Waals surface area (Å²) in [5.74, 6) is -3.35. The Morgan fingerprint density at radius 1 is 1.10 bits per heavy atom. The molecule has 2 aromatic rings. The largest absolute Gasteiger partial charge is 0.423 e. The molecule has 1 aliphatic carbocycles. The van der Waals surface area contributed by atoms with E-state index in [0.717, 1.165) is 18.8 Å². The summed E-state index contributed by atoms with van der Waals surface area (Å²) in [5.41, 5.74) is -0.502. The number of nitriles is 1. The third kappa shape index (κ3) is 5.10. The fourth-order valence-electron chi connectivity index (χ4n) is 3.71. The first kappa shape index (κ1) is 21.6. The zero-order valence-electron chi connectivity index (χ0n) is 16.6. The lowest BCUT2D eigenvalue weighted by Gasteiger charge is -2.25. The Balaban J connectivity index is 1.67. The van der Waals surface area contributed by atoms with Crippen molar-refractivity contribution >= 4 is 12.0 Å². The molecule has 6 heteroatoms. The van der Waals surface area contributed by atoms with Gasteiger partial charge in [0.15, 0.2) is 0 Å². The highest BCUT2D eigenvalue weighted by molar-refractivity contribution is 5.91. The van der Waals surface area contributed by atoms with Crippen LogP contribution in [0.25, 0.3) is 6.08 Å². The summed E-state index contributed by atoms with van der Waals surface area (Å²) in [5, 5.41) is 8.67. The van der Waals surface area contributed by atoms with Crippen molar-refractivity contribution in [2.75, 3.05) is 0 Å². The number of halogens is 3. The topological polar surface area (TPSA) is 50.1 Å². The summed E-state index contributed by atoms with van der Waals surface area (Å²) in [6.07, 6.45) is 9.81. The average molecular weight is 413 g/mol. The van der Waals surface area contributed by atoms with Gasteiger partial charge < -0.3 is 4.74 Å². The molecule has 0 radical (unpaired) electrons. The van der Waals surface area contributed by atoms with E-state index in [1.165, 1.54) is 37.5 Å². The van der Waals surface area contributed by atoms with Crippen LogP contribution in [0.3, 0.4) is 0 Å². The molecule has 0 amide bonds. The second-order valence-electron chi connectivity index (χ2n) is 7.55. The third-order valence-electron chi connectivity index (χ3n) is 5.58. The molecule has 0 saturated heterocycles. The van der Waals surface area contributed by atoms with Gasteiger partial charge in [-0.15, -0.1) is 0 Å². The molecule has 0 unspecified atom stereocenters. The standard InChI is InChI=1S/C24H22F3NO2/c1-2-15-3-5-16(6-4-15)7-8-17-9-10-19(21(25)11-17)24(29)30-18-12-22(26)20(14-28)23(27)13-18/h7-13,15-16H,2-6H2,1H3/b8-7+. The lowest BCUT2D eigenvalue weighted by atomic mass is 9.80. The lowest BCUT2D eigenvalue weighted by Crippen LogP contribution is -2.12. The van der Waals surface area contributed by atoms with Gasteiger partial charge in [0.25, 0.3) is 0 Å². The molecule has 1 aliphatic rings. The number of rotatable bonds is 5. The first-order chi connectivity index (χ1) is 14.4. The van der Waals surface area contributed by atoms with Gasteiger partial charge >= 0.3 is 5.97 Å². The van der Waals surface area contributed by atoms with Crippen LogP contribution in [0.4, 0.5) is 13.2 Å². The second kappa shape index (κ2) is 9.62. The second-order valence-corrected chi connectivity index (χ2v) is 7.55. The summed E-state index contributed by atoms with van der Waals surface area (Å²) in [4.78, 5) is 12.2. The zero-order valence-corrected chi connectivity index (χ0v) is 16.6. The number of hydrogen-bond donors (Lipinski definition) is 0. The maximum Gasteiger partial charge on any atom is 0.346 e. The molecule has 0 bridgehead atoms. The summed E-state index contributed by atoms with van der Waals surface area (Å²) in [7, 11) is 0.